The Labute approximate surface area is 405 Å². The third-order valence-corrected chi connectivity index (χ3v) is 13.5. The number of allylic oxidation sites excluding steroid dienone is 3. The molecule has 0 aromatic heterocycles. The number of carbonyl (C=O) groups is 2. The summed E-state index contributed by atoms with van der Waals surface area (Å²) in [4.78, 5) is 24.5. The molecule has 0 radical (unpaired) electrons. The summed E-state index contributed by atoms with van der Waals surface area (Å²) in [6.07, 6.45) is 66.3. The predicted molar refractivity (Wildman–Crippen MR) is 283 cm³/mol. The fraction of sp³-hybridized carbons (Fsp3) is 0.898. The van der Waals surface area contributed by atoms with Gasteiger partial charge in [-0.3, -0.25) is 9.59 Å². The predicted octanol–water partition coefficient (Wildman–Crippen LogP) is 17.9. The molecule has 0 saturated heterocycles. The van der Waals surface area contributed by atoms with Gasteiger partial charge in [0.2, 0.25) is 5.91 Å². The zero-order chi connectivity index (χ0) is 47.2. The quantitative estimate of drug-likeness (QED) is 0.0321. The summed E-state index contributed by atoms with van der Waals surface area (Å²) in [5.41, 5.74) is 0. The number of aliphatic hydroxyl groups excluding tert-OH is 2. The highest BCUT2D eigenvalue weighted by Crippen LogP contribution is 2.17. The minimum absolute atomic E-state index is 0.000918. The fourth-order valence-electron chi connectivity index (χ4n) is 8.98. The van der Waals surface area contributed by atoms with Crippen LogP contribution < -0.4 is 5.32 Å². The molecule has 65 heavy (non-hydrogen) atoms. The van der Waals surface area contributed by atoms with E-state index in [0.717, 1.165) is 64.2 Å². The molecular formula is C59H113NO5. The number of nitrogens with one attached hydrogen (secondary N) is 1. The lowest BCUT2D eigenvalue weighted by atomic mass is 10.0. The first-order chi connectivity index (χ1) is 32.0. The lowest BCUT2D eigenvalue weighted by Crippen LogP contribution is -2.45. The topological polar surface area (TPSA) is 95.9 Å². The molecule has 0 aromatic rings. The number of rotatable bonds is 54. The van der Waals surface area contributed by atoms with Crippen molar-refractivity contribution in [3.63, 3.8) is 0 Å². The number of esters is 1. The summed E-state index contributed by atoms with van der Waals surface area (Å²) in [6, 6.07) is -0.639. The molecule has 384 valence electrons. The molecule has 0 aliphatic rings. The Morgan fingerprint density at radius 3 is 1.09 bits per heavy atom. The summed E-state index contributed by atoms with van der Waals surface area (Å²) < 4.78 is 5.49. The van der Waals surface area contributed by atoms with Gasteiger partial charge < -0.3 is 20.3 Å². The first-order valence-corrected chi connectivity index (χ1v) is 29.1. The van der Waals surface area contributed by atoms with Crippen molar-refractivity contribution in [3.8, 4) is 0 Å². The average Bonchev–Trinajstić information content (AvgIpc) is 3.31. The zero-order valence-corrected chi connectivity index (χ0v) is 43.7. The van der Waals surface area contributed by atoms with E-state index < -0.39 is 12.1 Å². The van der Waals surface area contributed by atoms with Crippen LogP contribution in [0.2, 0.25) is 0 Å². The molecule has 6 heteroatoms. The van der Waals surface area contributed by atoms with Gasteiger partial charge in [-0.1, -0.05) is 269 Å². The second-order valence-corrected chi connectivity index (χ2v) is 20.0. The minimum atomic E-state index is -0.854. The van der Waals surface area contributed by atoms with Crippen molar-refractivity contribution in [1.29, 1.82) is 0 Å². The standard InChI is InChI=1S/C59H113NO5/c1-3-5-7-9-11-13-15-17-18-19-20-21-25-29-33-37-41-45-49-53-59(64)65-54-50-46-42-38-34-30-26-23-22-24-28-32-36-40-44-48-52-58(63)60-56(55-61)57(62)51-47-43-39-35-31-27-16-14-12-10-8-6-4-2/h22,24,47,51,56-57,61-62H,3-21,23,25-46,48-50,52-55H2,1-2H3,(H,60,63)/b24-22-,51-47+. The summed E-state index contributed by atoms with van der Waals surface area (Å²) in [5.74, 6) is -0.0837. The smallest absolute Gasteiger partial charge is 0.305 e. The monoisotopic (exact) mass is 916 g/mol. The van der Waals surface area contributed by atoms with E-state index in [-0.39, 0.29) is 18.5 Å². The van der Waals surface area contributed by atoms with Crippen LogP contribution in [-0.4, -0.2) is 47.4 Å². The van der Waals surface area contributed by atoms with Gasteiger partial charge in [-0.15, -0.1) is 0 Å². The lowest BCUT2D eigenvalue weighted by Gasteiger charge is -2.20. The van der Waals surface area contributed by atoms with Gasteiger partial charge in [-0.2, -0.15) is 0 Å². The van der Waals surface area contributed by atoms with Crippen molar-refractivity contribution in [2.75, 3.05) is 13.2 Å². The highest BCUT2D eigenvalue weighted by Gasteiger charge is 2.18. The second kappa shape index (κ2) is 54.9. The molecule has 0 fully saturated rings. The van der Waals surface area contributed by atoms with Gasteiger partial charge in [0.1, 0.15) is 0 Å². The van der Waals surface area contributed by atoms with Crippen LogP contribution in [0, 0.1) is 0 Å². The maximum atomic E-state index is 12.4. The second-order valence-electron chi connectivity index (χ2n) is 20.0. The Hall–Kier alpha value is -1.66. The van der Waals surface area contributed by atoms with Crippen molar-refractivity contribution in [2.24, 2.45) is 0 Å². The third-order valence-electron chi connectivity index (χ3n) is 13.5. The number of aliphatic hydroxyl groups is 2. The largest absolute Gasteiger partial charge is 0.466 e. The highest BCUT2D eigenvalue weighted by atomic mass is 16.5. The summed E-state index contributed by atoms with van der Waals surface area (Å²) in [7, 11) is 0. The molecule has 0 aliphatic heterocycles. The van der Waals surface area contributed by atoms with Crippen LogP contribution in [0.15, 0.2) is 24.3 Å². The van der Waals surface area contributed by atoms with E-state index in [0.29, 0.717) is 19.4 Å². The van der Waals surface area contributed by atoms with Crippen molar-refractivity contribution in [3.05, 3.63) is 24.3 Å². The Morgan fingerprint density at radius 2 is 0.723 bits per heavy atom. The Morgan fingerprint density at radius 1 is 0.415 bits per heavy atom. The molecule has 0 aliphatic carbocycles. The fourth-order valence-corrected chi connectivity index (χ4v) is 8.98. The van der Waals surface area contributed by atoms with Crippen molar-refractivity contribution in [1.82, 2.24) is 5.32 Å². The van der Waals surface area contributed by atoms with Gasteiger partial charge >= 0.3 is 5.97 Å². The van der Waals surface area contributed by atoms with Crippen LogP contribution in [0.3, 0.4) is 0 Å². The summed E-state index contributed by atoms with van der Waals surface area (Å²) >= 11 is 0. The number of hydrogen-bond donors (Lipinski definition) is 3. The van der Waals surface area contributed by atoms with Crippen LogP contribution in [0.25, 0.3) is 0 Å². The van der Waals surface area contributed by atoms with Crippen LogP contribution in [-0.2, 0) is 14.3 Å². The molecule has 6 nitrogen and oxygen atoms in total. The first-order valence-electron chi connectivity index (χ1n) is 29.1. The van der Waals surface area contributed by atoms with E-state index >= 15 is 0 Å². The molecule has 2 atom stereocenters. The van der Waals surface area contributed by atoms with E-state index in [1.165, 1.54) is 225 Å². The molecule has 0 aromatic carbocycles. The molecule has 2 unspecified atom stereocenters. The van der Waals surface area contributed by atoms with E-state index in [4.69, 9.17) is 4.74 Å². The van der Waals surface area contributed by atoms with Gasteiger partial charge in [-0.05, 0) is 57.8 Å². The van der Waals surface area contributed by atoms with E-state index in [1.807, 2.05) is 6.08 Å². The van der Waals surface area contributed by atoms with E-state index in [2.05, 4.69) is 31.3 Å². The molecule has 0 heterocycles. The average molecular weight is 917 g/mol. The van der Waals surface area contributed by atoms with E-state index in [9.17, 15) is 19.8 Å². The molecule has 0 spiro atoms. The number of amides is 1. The zero-order valence-electron chi connectivity index (χ0n) is 43.7. The number of hydrogen-bond acceptors (Lipinski definition) is 5. The first kappa shape index (κ1) is 63.3. The van der Waals surface area contributed by atoms with Crippen LogP contribution in [0.1, 0.15) is 316 Å². The number of ether oxygens (including phenoxy) is 1. The van der Waals surface area contributed by atoms with Crippen LogP contribution >= 0.6 is 0 Å². The molecule has 0 rings (SSSR count). The van der Waals surface area contributed by atoms with Crippen LogP contribution in [0.4, 0.5) is 0 Å². The van der Waals surface area contributed by atoms with Gasteiger partial charge in [0.15, 0.2) is 0 Å². The summed E-state index contributed by atoms with van der Waals surface area (Å²) in [6.45, 7) is 4.89. The molecular weight excluding hydrogens is 803 g/mol. The molecule has 1 amide bonds. The third kappa shape index (κ3) is 51.6. The lowest BCUT2D eigenvalue weighted by molar-refractivity contribution is -0.143. The van der Waals surface area contributed by atoms with Crippen molar-refractivity contribution >= 4 is 11.9 Å². The van der Waals surface area contributed by atoms with Crippen molar-refractivity contribution in [2.45, 2.75) is 328 Å². The molecule has 0 saturated carbocycles. The molecule has 0 bridgehead atoms. The SMILES string of the molecule is CCCCCCCCCCCCC/C=C/C(O)C(CO)NC(=O)CCCCCCC/C=C\CCCCCCCCCOC(=O)CCCCCCCCCCCCCCCCCCCCC. The normalized spacial score (nSPS) is 12.7. The Bertz CT molecular complexity index is 1010. The number of carbonyl (C=O) groups excluding carboxylic acids is 2. The van der Waals surface area contributed by atoms with E-state index in [1.54, 1.807) is 6.08 Å². The van der Waals surface area contributed by atoms with Gasteiger partial charge in [0.05, 0.1) is 25.4 Å². The highest BCUT2D eigenvalue weighted by molar-refractivity contribution is 5.76. The minimum Gasteiger partial charge on any atom is -0.466 e. The summed E-state index contributed by atoms with van der Waals surface area (Å²) in [5, 5.41) is 23.0. The van der Waals surface area contributed by atoms with Gasteiger partial charge in [-0.25, -0.2) is 0 Å². The maximum Gasteiger partial charge on any atom is 0.305 e. The van der Waals surface area contributed by atoms with Crippen molar-refractivity contribution < 1.29 is 24.5 Å². The van der Waals surface area contributed by atoms with Gasteiger partial charge in [0.25, 0.3) is 0 Å². The Balaban J connectivity index is 3.45. The Kier molecular flexibility index (Phi) is 53.5. The number of unbranched alkanes of at least 4 members (excludes halogenated alkanes) is 41. The maximum absolute atomic E-state index is 12.4. The van der Waals surface area contributed by atoms with Gasteiger partial charge in [0, 0.05) is 12.8 Å². The molecule has 3 N–H and O–H groups in total. The van der Waals surface area contributed by atoms with Crippen LogP contribution in [0.5, 0.6) is 0 Å².